The first-order valence-electron chi connectivity index (χ1n) is 10.8. The van der Waals surface area contributed by atoms with E-state index < -0.39 is 10.0 Å². The fourth-order valence-corrected chi connectivity index (χ4v) is 5.05. The lowest BCUT2D eigenvalue weighted by atomic mass is 9.99. The highest BCUT2D eigenvalue weighted by atomic mass is 35.5. The summed E-state index contributed by atoms with van der Waals surface area (Å²) in [5.74, 6) is -0.289. The van der Waals surface area contributed by atoms with Crippen LogP contribution in [-0.4, -0.2) is 14.3 Å². The first-order valence-corrected chi connectivity index (χ1v) is 12.6. The second kappa shape index (κ2) is 9.29. The van der Waals surface area contributed by atoms with E-state index in [0.29, 0.717) is 33.2 Å². The van der Waals surface area contributed by atoms with Crippen molar-refractivity contribution >= 4 is 55.9 Å². The lowest BCUT2D eigenvalue weighted by molar-refractivity contribution is -0.110. The molecule has 1 aliphatic heterocycles. The van der Waals surface area contributed by atoms with Crippen molar-refractivity contribution in [2.24, 2.45) is 0 Å². The Balaban J connectivity index is 1.60. The Morgan fingerprint density at radius 2 is 1.40 bits per heavy atom. The maximum Gasteiger partial charge on any atom is 0.261 e. The third-order valence-electron chi connectivity index (χ3n) is 5.50. The zero-order valence-corrected chi connectivity index (χ0v) is 19.9. The van der Waals surface area contributed by atoms with Gasteiger partial charge in [-0.05, 0) is 60.2 Å². The first-order chi connectivity index (χ1) is 16.9. The van der Waals surface area contributed by atoms with Gasteiger partial charge in [-0.2, -0.15) is 0 Å². The van der Waals surface area contributed by atoms with Gasteiger partial charge in [-0.3, -0.25) is 9.52 Å². The number of hydrogen-bond acceptors (Lipinski definition) is 4. The Bertz CT molecular complexity index is 1540. The second-order valence-corrected chi connectivity index (χ2v) is 10.00. The van der Waals surface area contributed by atoms with Crippen LogP contribution in [0.1, 0.15) is 11.1 Å². The minimum absolute atomic E-state index is 0.153. The Morgan fingerprint density at radius 3 is 2.09 bits per heavy atom. The van der Waals surface area contributed by atoms with Crippen LogP contribution in [0.25, 0.3) is 11.3 Å². The van der Waals surface area contributed by atoms with Crippen LogP contribution in [0.3, 0.4) is 0 Å². The van der Waals surface area contributed by atoms with Crippen molar-refractivity contribution in [3.63, 3.8) is 0 Å². The molecule has 4 aromatic rings. The molecule has 0 aliphatic carbocycles. The van der Waals surface area contributed by atoms with Crippen LogP contribution >= 0.6 is 11.6 Å². The number of hydrogen-bond donors (Lipinski definition) is 3. The number of benzene rings is 4. The predicted octanol–water partition coefficient (Wildman–Crippen LogP) is 6.07. The number of rotatable bonds is 6. The molecule has 0 unspecified atom stereocenters. The van der Waals surface area contributed by atoms with E-state index in [2.05, 4.69) is 15.4 Å². The fraction of sp³-hybridized carbons (Fsp3) is 0. The molecular weight excluding hydrogens is 482 g/mol. The Kier molecular flexibility index (Phi) is 6.03. The maximum atomic E-state index is 13.1. The molecule has 35 heavy (non-hydrogen) atoms. The molecule has 8 heteroatoms. The summed E-state index contributed by atoms with van der Waals surface area (Å²) in [6, 6.07) is 29.7. The lowest BCUT2D eigenvalue weighted by Gasteiger charge is -2.15. The van der Waals surface area contributed by atoms with Gasteiger partial charge in [0.1, 0.15) is 0 Å². The minimum atomic E-state index is -3.79. The number of sulfonamides is 1. The Hall–Kier alpha value is -4.07. The first kappa shape index (κ1) is 22.7. The van der Waals surface area contributed by atoms with E-state index >= 15 is 0 Å². The summed E-state index contributed by atoms with van der Waals surface area (Å²) in [6.07, 6.45) is 0. The molecule has 3 N–H and O–H groups in total. The number of fused-ring (bicyclic) bond motifs is 1. The van der Waals surface area contributed by atoms with Gasteiger partial charge in [-0.15, -0.1) is 0 Å². The van der Waals surface area contributed by atoms with Gasteiger partial charge >= 0.3 is 0 Å². The largest absolute Gasteiger partial charge is 0.354 e. The standard InChI is InChI=1S/C27H20ClN3O3S/c28-19-11-13-20(14-12-19)29-26(18-7-3-1-4-8-18)25-23-17-21(15-16-24(23)30-27(25)32)31-35(33,34)22-9-5-2-6-10-22/h1-17,29,31H,(H,30,32)/b26-25+. The van der Waals surface area contributed by atoms with Crippen molar-refractivity contribution in [1.29, 1.82) is 0 Å². The second-order valence-electron chi connectivity index (χ2n) is 7.88. The van der Waals surface area contributed by atoms with Crippen LogP contribution in [-0.2, 0) is 14.8 Å². The zero-order valence-electron chi connectivity index (χ0n) is 18.3. The third-order valence-corrected chi connectivity index (χ3v) is 7.15. The Morgan fingerprint density at radius 1 is 0.771 bits per heavy atom. The van der Waals surface area contributed by atoms with Gasteiger partial charge in [0, 0.05) is 27.6 Å². The molecule has 0 saturated carbocycles. The van der Waals surface area contributed by atoms with Crippen molar-refractivity contribution < 1.29 is 13.2 Å². The van der Waals surface area contributed by atoms with E-state index in [9.17, 15) is 13.2 Å². The van der Waals surface area contributed by atoms with Crippen LogP contribution in [0.2, 0.25) is 5.02 Å². The van der Waals surface area contributed by atoms with Crippen molar-refractivity contribution in [3.8, 4) is 0 Å². The van der Waals surface area contributed by atoms with Crippen LogP contribution in [0.15, 0.2) is 108 Å². The summed E-state index contributed by atoms with van der Waals surface area (Å²) in [5, 5.41) is 6.83. The summed E-state index contributed by atoms with van der Waals surface area (Å²) >= 11 is 6.04. The highest BCUT2D eigenvalue weighted by molar-refractivity contribution is 7.92. The maximum absolute atomic E-state index is 13.1. The van der Waals surface area contributed by atoms with E-state index in [0.717, 1.165) is 11.3 Å². The number of carbonyl (C=O) groups is 1. The van der Waals surface area contributed by atoms with E-state index in [-0.39, 0.29) is 10.8 Å². The summed E-state index contributed by atoms with van der Waals surface area (Å²) in [7, 11) is -3.79. The SMILES string of the molecule is O=C1Nc2ccc(NS(=O)(=O)c3ccccc3)cc2/C1=C(\Nc1ccc(Cl)cc1)c1ccccc1. The summed E-state index contributed by atoms with van der Waals surface area (Å²) in [6.45, 7) is 0. The third kappa shape index (κ3) is 4.77. The van der Waals surface area contributed by atoms with Gasteiger partial charge in [0.05, 0.1) is 16.2 Å². The number of halogens is 1. The molecule has 0 fully saturated rings. The molecule has 1 amide bonds. The molecule has 6 nitrogen and oxygen atoms in total. The molecule has 0 spiro atoms. The minimum Gasteiger partial charge on any atom is -0.354 e. The fourth-order valence-electron chi connectivity index (χ4n) is 3.85. The lowest BCUT2D eigenvalue weighted by Crippen LogP contribution is -2.13. The molecule has 0 saturated heterocycles. The molecule has 1 aliphatic rings. The number of anilines is 3. The molecule has 0 aromatic heterocycles. The van der Waals surface area contributed by atoms with Crippen molar-refractivity contribution in [2.75, 3.05) is 15.4 Å². The molecule has 4 aromatic carbocycles. The van der Waals surface area contributed by atoms with Crippen LogP contribution in [0.5, 0.6) is 0 Å². The van der Waals surface area contributed by atoms with Gasteiger partial charge in [0.2, 0.25) is 0 Å². The average Bonchev–Trinajstić information content (AvgIpc) is 3.19. The highest BCUT2D eigenvalue weighted by Gasteiger charge is 2.29. The van der Waals surface area contributed by atoms with Crippen LogP contribution in [0, 0.1) is 0 Å². The van der Waals surface area contributed by atoms with Gasteiger partial charge < -0.3 is 10.6 Å². The van der Waals surface area contributed by atoms with Gasteiger partial charge in [-0.25, -0.2) is 8.42 Å². The van der Waals surface area contributed by atoms with Crippen LogP contribution < -0.4 is 15.4 Å². The Labute approximate surface area is 208 Å². The average molecular weight is 502 g/mol. The molecule has 0 atom stereocenters. The molecule has 5 rings (SSSR count). The molecule has 0 radical (unpaired) electrons. The summed E-state index contributed by atoms with van der Waals surface area (Å²) in [4.78, 5) is 13.3. The van der Waals surface area contributed by atoms with E-state index in [1.54, 1.807) is 48.5 Å². The predicted molar refractivity (Wildman–Crippen MR) is 141 cm³/mol. The van der Waals surface area contributed by atoms with Crippen molar-refractivity contribution in [1.82, 2.24) is 0 Å². The van der Waals surface area contributed by atoms with E-state index in [4.69, 9.17) is 11.6 Å². The molecule has 0 bridgehead atoms. The number of nitrogens with one attached hydrogen (secondary N) is 3. The number of carbonyl (C=O) groups excluding carboxylic acids is 1. The summed E-state index contributed by atoms with van der Waals surface area (Å²) in [5.41, 5.74) is 4.08. The van der Waals surface area contributed by atoms with Gasteiger partial charge in [0.15, 0.2) is 0 Å². The smallest absolute Gasteiger partial charge is 0.261 e. The molecule has 1 heterocycles. The zero-order chi connectivity index (χ0) is 24.4. The van der Waals surface area contributed by atoms with E-state index in [1.165, 1.54) is 12.1 Å². The highest BCUT2D eigenvalue weighted by Crippen LogP contribution is 2.39. The normalized spacial score (nSPS) is 14.1. The van der Waals surface area contributed by atoms with Crippen molar-refractivity contribution in [2.45, 2.75) is 4.90 Å². The van der Waals surface area contributed by atoms with Gasteiger partial charge in [-0.1, -0.05) is 60.1 Å². The molecular formula is C27H20ClN3O3S. The quantitative estimate of drug-likeness (QED) is 0.280. The summed E-state index contributed by atoms with van der Waals surface area (Å²) < 4.78 is 28.3. The monoisotopic (exact) mass is 501 g/mol. The van der Waals surface area contributed by atoms with Crippen LogP contribution in [0.4, 0.5) is 17.1 Å². The molecule has 174 valence electrons. The topological polar surface area (TPSA) is 87.3 Å². The van der Waals surface area contributed by atoms with E-state index in [1.807, 2.05) is 42.5 Å². The van der Waals surface area contributed by atoms with Crippen molar-refractivity contribution in [3.05, 3.63) is 119 Å². The number of amides is 1. The van der Waals surface area contributed by atoms with Gasteiger partial charge in [0.25, 0.3) is 15.9 Å².